The first-order valence-corrected chi connectivity index (χ1v) is 10.3. The van der Waals surface area contributed by atoms with Crippen molar-refractivity contribution in [2.75, 3.05) is 19.6 Å². The highest BCUT2D eigenvalue weighted by Gasteiger charge is 2.29. The van der Waals surface area contributed by atoms with Gasteiger partial charge in [-0.2, -0.15) is 0 Å². The van der Waals surface area contributed by atoms with Gasteiger partial charge in [0.1, 0.15) is 5.82 Å². The Kier molecular flexibility index (Phi) is 4.95. The molecule has 4 rings (SSSR count). The number of hydrogen-bond donors (Lipinski definition) is 0. The van der Waals surface area contributed by atoms with E-state index >= 15 is 0 Å². The molecule has 0 bridgehead atoms. The summed E-state index contributed by atoms with van der Waals surface area (Å²) in [6, 6.07) is 1.97. The molecule has 7 heteroatoms. The fourth-order valence-corrected chi connectivity index (χ4v) is 4.58. The number of thiophene rings is 1. The van der Waals surface area contributed by atoms with Crippen LogP contribution >= 0.6 is 11.3 Å². The van der Waals surface area contributed by atoms with Crippen LogP contribution in [0, 0.1) is 6.92 Å². The average Bonchev–Trinajstić information content (AvgIpc) is 3.13. The van der Waals surface area contributed by atoms with E-state index < -0.39 is 0 Å². The number of nitrogens with zero attached hydrogens (tertiary/aromatic N) is 4. The van der Waals surface area contributed by atoms with Crippen LogP contribution < -0.4 is 0 Å². The molecule has 27 heavy (non-hydrogen) atoms. The van der Waals surface area contributed by atoms with Gasteiger partial charge in [-0.15, -0.1) is 11.3 Å². The molecule has 0 spiro atoms. The molecule has 2 aromatic heterocycles. The Morgan fingerprint density at radius 2 is 2.11 bits per heavy atom. The first kappa shape index (κ1) is 18.1. The second-order valence-corrected chi connectivity index (χ2v) is 8.54. The van der Waals surface area contributed by atoms with E-state index in [1.54, 1.807) is 18.3 Å². The van der Waals surface area contributed by atoms with Crippen LogP contribution in [0.5, 0.6) is 0 Å². The number of carbonyl (C=O) groups excluding carboxylic acids is 2. The van der Waals surface area contributed by atoms with E-state index in [0.29, 0.717) is 19.6 Å². The van der Waals surface area contributed by atoms with Crippen LogP contribution in [0.4, 0.5) is 0 Å². The fraction of sp³-hybridized carbons (Fsp3) is 0.500. The van der Waals surface area contributed by atoms with Crippen LogP contribution in [0.25, 0.3) is 0 Å². The Hall–Kier alpha value is -2.28. The van der Waals surface area contributed by atoms with Gasteiger partial charge in [-0.25, -0.2) is 9.97 Å². The number of carbonyl (C=O) groups is 2. The molecule has 0 unspecified atom stereocenters. The third kappa shape index (κ3) is 3.74. The lowest BCUT2D eigenvalue weighted by Crippen LogP contribution is -2.40. The molecule has 1 saturated heterocycles. The lowest BCUT2D eigenvalue weighted by molar-refractivity contribution is -0.129. The van der Waals surface area contributed by atoms with E-state index in [0.717, 1.165) is 53.3 Å². The summed E-state index contributed by atoms with van der Waals surface area (Å²) in [5, 5.41) is 1.94. The predicted molar refractivity (Wildman–Crippen MR) is 104 cm³/mol. The van der Waals surface area contributed by atoms with Crippen molar-refractivity contribution in [3.8, 4) is 0 Å². The van der Waals surface area contributed by atoms with Crippen molar-refractivity contribution in [2.45, 2.75) is 45.6 Å². The van der Waals surface area contributed by atoms with Crippen LogP contribution in [-0.4, -0.2) is 51.2 Å². The van der Waals surface area contributed by atoms with Crippen LogP contribution in [-0.2, 0) is 17.8 Å². The van der Waals surface area contributed by atoms with E-state index in [1.807, 2.05) is 34.4 Å². The van der Waals surface area contributed by atoms with E-state index in [1.165, 1.54) is 0 Å². The zero-order valence-electron chi connectivity index (χ0n) is 15.8. The topological polar surface area (TPSA) is 66.4 Å². The van der Waals surface area contributed by atoms with Crippen molar-refractivity contribution in [2.24, 2.45) is 0 Å². The Morgan fingerprint density at radius 1 is 1.26 bits per heavy atom. The van der Waals surface area contributed by atoms with Crippen LogP contribution in [0.3, 0.4) is 0 Å². The largest absolute Gasteiger partial charge is 0.338 e. The van der Waals surface area contributed by atoms with Crippen molar-refractivity contribution in [1.29, 1.82) is 0 Å². The standard InChI is InChI=1S/C20H24N4O2S/c1-13-8-16(12-27-13)20(26)24-6-3-4-15(10-24)19-21-9-17-11-23(14(2)25)7-5-18(17)22-19/h8-9,12,15H,3-7,10-11H2,1-2H3/t15-/m1/s1. The molecule has 2 aromatic rings. The minimum Gasteiger partial charge on any atom is -0.338 e. The summed E-state index contributed by atoms with van der Waals surface area (Å²) in [6.07, 6.45) is 4.62. The number of amides is 2. The van der Waals surface area contributed by atoms with Gasteiger partial charge < -0.3 is 9.80 Å². The van der Waals surface area contributed by atoms with Gasteiger partial charge in [0.15, 0.2) is 0 Å². The van der Waals surface area contributed by atoms with E-state index in [-0.39, 0.29) is 17.7 Å². The second-order valence-electron chi connectivity index (χ2n) is 7.43. The van der Waals surface area contributed by atoms with Gasteiger partial charge in [-0.1, -0.05) is 0 Å². The average molecular weight is 385 g/mol. The number of piperidine rings is 1. The quantitative estimate of drug-likeness (QED) is 0.799. The molecule has 2 aliphatic heterocycles. The van der Waals surface area contributed by atoms with Gasteiger partial charge in [0.05, 0.1) is 11.3 Å². The maximum atomic E-state index is 12.8. The van der Waals surface area contributed by atoms with E-state index in [2.05, 4.69) is 4.98 Å². The van der Waals surface area contributed by atoms with E-state index in [4.69, 9.17) is 4.98 Å². The van der Waals surface area contributed by atoms with Crippen molar-refractivity contribution in [3.05, 3.63) is 45.2 Å². The van der Waals surface area contributed by atoms with Gasteiger partial charge >= 0.3 is 0 Å². The smallest absolute Gasteiger partial charge is 0.254 e. The molecule has 2 amide bonds. The van der Waals surface area contributed by atoms with Gasteiger partial charge in [0, 0.05) is 67.5 Å². The Bertz CT molecular complexity index is 879. The van der Waals surface area contributed by atoms with Gasteiger partial charge in [0.25, 0.3) is 5.91 Å². The highest BCUT2D eigenvalue weighted by Crippen LogP contribution is 2.28. The number of aryl methyl sites for hydroxylation is 1. The van der Waals surface area contributed by atoms with E-state index in [9.17, 15) is 9.59 Å². The maximum Gasteiger partial charge on any atom is 0.254 e. The third-order valence-electron chi connectivity index (χ3n) is 5.45. The molecular weight excluding hydrogens is 360 g/mol. The van der Waals surface area contributed by atoms with Gasteiger partial charge in [-0.3, -0.25) is 9.59 Å². The number of hydrogen-bond acceptors (Lipinski definition) is 5. The minimum atomic E-state index is 0.0924. The summed E-state index contributed by atoms with van der Waals surface area (Å²) < 4.78 is 0. The van der Waals surface area contributed by atoms with Gasteiger partial charge in [-0.05, 0) is 25.8 Å². The summed E-state index contributed by atoms with van der Waals surface area (Å²) in [5.41, 5.74) is 2.88. The highest BCUT2D eigenvalue weighted by molar-refractivity contribution is 7.10. The molecule has 142 valence electrons. The van der Waals surface area contributed by atoms with Crippen LogP contribution in [0.15, 0.2) is 17.6 Å². The summed E-state index contributed by atoms with van der Waals surface area (Å²) in [4.78, 5) is 38.7. The summed E-state index contributed by atoms with van der Waals surface area (Å²) >= 11 is 1.61. The molecule has 6 nitrogen and oxygen atoms in total. The SMILES string of the molecule is CC(=O)N1CCc2nc([C@@H]3CCCN(C(=O)c4csc(C)c4)C3)ncc2C1. The fourth-order valence-electron chi connectivity index (χ4n) is 3.91. The number of likely N-dealkylation sites (tertiary alicyclic amines) is 1. The minimum absolute atomic E-state index is 0.0924. The molecular formula is C20H24N4O2S. The van der Waals surface area contributed by atoms with Gasteiger partial charge in [0.2, 0.25) is 5.91 Å². The summed E-state index contributed by atoms with van der Waals surface area (Å²) in [5.74, 6) is 1.22. The molecule has 1 fully saturated rings. The number of aromatic nitrogens is 2. The molecule has 2 aliphatic rings. The lowest BCUT2D eigenvalue weighted by atomic mass is 9.96. The first-order valence-electron chi connectivity index (χ1n) is 9.46. The molecule has 0 saturated carbocycles. The monoisotopic (exact) mass is 384 g/mol. The zero-order valence-corrected chi connectivity index (χ0v) is 16.6. The molecule has 1 atom stereocenters. The van der Waals surface area contributed by atoms with Crippen molar-refractivity contribution < 1.29 is 9.59 Å². The Balaban J connectivity index is 1.49. The van der Waals surface area contributed by atoms with Crippen molar-refractivity contribution >= 4 is 23.2 Å². The van der Waals surface area contributed by atoms with Crippen LogP contribution in [0.2, 0.25) is 0 Å². The molecule has 4 heterocycles. The molecule has 0 N–H and O–H groups in total. The van der Waals surface area contributed by atoms with Crippen molar-refractivity contribution in [1.82, 2.24) is 19.8 Å². The highest BCUT2D eigenvalue weighted by atomic mass is 32.1. The molecule has 0 aliphatic carbocycles. The first-order chi connectivity index (χ1) is 13.0. The molecule has 0 aromatic carbocycles. The number of fused-ring (bicyclic) bond motifs is 1. The second kappa shape index (κ2) is 7.38. The zero-order chi connectivity index (χ0) is 19.0. The van der Waals surface area contributed by atoms with Crippen molar-refractivity contribution in [3.63, 3.8) is 0 Å². The normalized spacial score (nSPS) is 19.7. The third-order valence-corrected chi connectivity index (χ3v) is 6.31. The Labute approximate surface area is 163 Å². The molecule has 0 radical (unpaired) electrons. The van der Waals surface area contributed by atoms with Crippen LogP contribution in [0.1, 0.15) is 58.0 Å². The lowest BCUT2D eigenvalue weighted by Gasteiger charge is -2.33. The Morgan fingerprint density at radius 3 is 2.85 bits per heavy atom. The summed E-state index contributed by atoms with van der Waals surface area (Å²) in [7, 11) is 0. The number of rotatable bonds is 2. The maximum absolute atomic E-state index is 12.8. The predicted octanol–water partition coefficient (Wildman–Crippen LogP) is 2.77. The summed E-state index contributed by atoms with van der Waals surface area (Å²) in [6.45, 7) is 6.40.